The molecule has 0 radical (unpaired) electrons. The quantitative estimate of drug-likeness (QED) is 0.670. The molecule has 1 aromatic rings. The monoisotopic (exact) mass is 276 g/mol. The second-order valence-electron chi connectivity index (χ2n) is 3.88. The van der Waals surface area contributed by atoms with Gasteiger partial charge in [-0.3, -0.25) is 0 Å². The first kappa shape index (κ1) is 14.7. The summed E-state index contributed by atoms with van der Waals surface area (Å²) in [5.41, 5.74) is 6.72. The van der Waals surface area contributed by atoms with Crippen LogP contribution in [0.4, 0.5) is 0 Å². The summed E-state index contributed by atoms with van der Waals surface area (Å²) in [4.78, 5) is 0. The van der Waals surface area contributed by atoms with E-state index in [4.69, 9.17) is 34.0 Å². The fourth-order valence-corrected chi connectivity index (χ4v) is 2.17. The predicted octanol–water partition coefficient (Wildman–Crippen LogP) is 2.36. The molecule has 1 atom stereocenters. The molecular weight excluding hydrogens is 259 g/mol. The Kier molecular flexibility index (Phi) is 6.85. The number of aliphatic hydroxyl groups is 1. The molecule has 0 aromatic heterocycles. The highest BCUT2D eigenvalue weighted by atomic mass is 35.5. The minimum atomic E-state index is 0.0462. The number of benzene rings is 1. The maximum absolute atomic E-state index is 8.69. The molecule has 4 N–H and O–H groups in total. The Morgan fingerprint density at radius 2 is 1.82 bits per heavy atom. The molecule has 1 aromatic carbocycles. The number of hydrogen-bond donors (Lipinski definition) is 3. The average Bonchev–Trinajstić information content (AvgIpc) is 2.28. The van der Waals surface area contributed by atoms with Gasteiger partial charge in [-0.2, -0.15) is 0 Å². The lowest BCUT2D eigenvalue weighted by atomic mass is 10.1. The summed E-state index contributed by atoms with van der Waals surface area (Å²) in [6, 6.07) is 5.48. The van der Waals surface area contributed by atoms with Crippen molar-refractivity contribution in [2.24, 2.45) is 5.73 Å². The van der Waals surface area contributed by atoms with Gasteiger partial charge in [0.1, 0.15) is 0 Å². The molecule has 0 saturated carbocycles. The highest BCUT2D eigenvalue weighted by Gasteiger charge is 2.10. The van der Waals surface area contributed by atoms with Gasteiger partial charge in [-0.1, -0.05) is 23.2 Å². The van der Waals surface area contributed by atoms with E-state index in [1.165, 1.54) is 0 Å². The Hall–Kier alpha value is -0.320. The number of nitrogens with one attached hydrogen (secondary N) is 1. The number of halogens is 2. The summed E-state index contributed by atoms with van der Waals surface area (Å²) in [5.74, 6) is 0. The zero-order chi connectivity index (χ0) is 12.7. The van der Waals surface area contributed by atoms with Gasteiger partial charge >= 0.3 is 0 Å². The van der Waals surface area contributed by atoms with Crippen LogP contribution in [-0.2, 0) is 0 Å². The predicted molar refractivity (Wildman–Crippen MR) is 72.6 cm³/mol. The molecule has 0 aliphatic carbocycles. The summed E-state index contributed by atoms with van der Waals surface area (Å²) in [5, 5.41) is 13.2. The molecule has 0 aliphatic rings. The molecule has 0 aliphatic heterocycles. The number of nitrogens with two attached hydrogens (primary N) is 1. The lowest BCUT2D eigenvalue weighted by Crippen LogP contribution is -2.29. The van der Waals surface area contributed by atoms with Crippen molar-refractivity contribution in [2.45, 2.75) is 18.9 Å². The van der Waals surface area contributed by atoms with E-state index in [9.17, 15) is 0 Å². The summed E-state index contributed by atoms with van der Waals surface area (Å²) >= 11 is 11.9. The molecule has 3 nitrogen and oxygen atoms in total. The van der Waals surface area contributed by atoms with Crippen molar-refractivity contribution < 1.29 is 5.11 Å². The van der Waals surface area contributed by atoms with Crippen molar-refractivity contribution in [1.82, 2.24) is 5.32 Å². The van der Waals surface area contributed by atoms with Gasteiger partial charge in [0.05, 0.1) is 0 Å². The van der Waals surface area contributed by atoms with Gasteiger partial charge < -0.3 is 16.2 Å². The van der Waals surface area contributed by atoms with E-state index in [-0.39, 0.29) is 12.6 Å². The molecule has 0 bridgehead atoms. The highest BCUT2D eigenvalue weighted by molar-refractivity contribution is 6.34. The Labute approximate surface area is 112 Å². The first-order valence-corrected chi connectivity index (χ1v) is 6.43. The lowest BCUT2D eigenvalue weighted by molar-refractivity contribution is 0.282. The summed E-state index contributed by atoms with van der Waals surface area (Å²) in [7, 11) is 0. The maximum Gasteiger partial charge on any atom is 0.0445 e. The zero-order valence-corrected chi connectivity index (χ0v) is 11.1. The van der Waals surface area contributed by atoms with Gasteiger partial charge in [0.25, 0.3) is 0 Å². The van der Waals surface area contributed by atoms with Crippen LogP contribution in [0.15, 0.2) is 18.2 Å². The van der Waals surface area contributed by atoms with Crippen LogP contribution in [0.1, 0.15) is 24.4 Å². The van der Waals surface area contributed by atoms with E-state index in [1.807, 2.05) is 12.1 Å². The Balaban J connectivity index is 2.59. The van der Waals surface area contributed by atoms with Crippen LogP contribution in [0.5, 0.6) is 0 Å². The number of hydrogen-bond acceptors (Lipinski definition) is 3. The van der Waals surface area contributed by atoms with E-state index in [0.717, 1.165) is 24.9 Å². The van der Waals surface area contributed by atoms with Crippen molar-refractivity contribution in [3.05, 3.63) is 33.8 Å². The summed E-state index contributed by atoms with van der Waals surface area (Å²) < 4.78 is 0. The largest absolute Gasteiger partial charge is 0.396 e. The molecule has 0 heterocycles. The van der Waals surface area contributed by atoms with Gasteiger partial charge in [0, 0.05) is 29.2 Å². The van der Waals surface area contributed by atoms with Gasteiger partial charge in [-0.25, -0.2) is 0 Å². The van der Waals surface area contributed by atoms with Crippen molar-refractivity contribution >= 4 is 23.2 Å². The molecule has 5 heteroatoms. The maximum atomic E-state index is 8.69. The van der Waals surface area contributed by atoms with Crippen LogP contribution < -0.4 is 11.1 Å². The van der Waals surface area contributed by atoms with Crippen molar-refractivity contribution in [3.8, 4) is 0 Å². The van der Waals surface area contributed by atoms with Gasteiger partial charge in [0.15, 0.2) is 0 Å². The second kappa shape index (κ2) is 7.90. The van der Waals surface area contributed by atoms with E-state index >= 15 is 0 Å². The Morgan fingerprint density at radius 3 is 2.35 bits per heavy atom. The van der Waals surface area contributed by atoms with Gasteiger partial charge in [0.2, 0.25) is 0 Å². The fourth-order valence-electron chi connectivity index (χ4n) is 1.63. The Bertz CT molecular complexity index is 327. The smallest absolute Gasteiger partial charge is 0.0445 e. The molecule has 0 spiro atoms. The van der Waals surface area contributed by atoms with Gasteiger partial charge in [-0.05, 0) is 43.1 Å². The molecule has 0 fully saturated rings. The summed E-state index contributed by atoms with van der Waals surface area (Å²) in [6.07, 6.45) is 1.71. The van der Waals surface area contributed by atoms with Crippen LogP contribution in [0.3, 0.4) is 0 Å². The zero-order valence-electron chi connectivity index (χ0n) is 9.63. The minimum absolute atomic E-state index is 0.0462. The SMILES string of the molecule is NCC(NCCCCO)c1cc(Cl)cc(Cl)c1. The number of unbranched alkanes of at least 4 members (excludes halogenated alkanes) is 1. The van der Waals surface area contributed by atoms with E-state index in [0.29, 0.717) is 16.6 Å². The van der Waals surface area contributed by atoms with Crippen LogP contribution in [0.25, 0.3) is 0 Å². The van der Waals surface area contributed by atoms with E-state index in [2.05, 4.69) is 5.32 Å². The topological polar surface area (TPSA) is 58.3 Å². The molecule has 0 saturated heterocycles. The van der Waals surface area contributed by atoms with Crippen LogP contribution >= 0.6 is 23.2 Å². The summed E-state index contributed by atoms with van der Waals surface area (Å²) in [6.45, 7) is 1.51. The molecule has 1 rings (SSSR count). The normalized spacial score (nSPS) is 12.7. The molecule has 96 valence electrons. The molecule has 0 amide bonds. The third-order valence-electron chi connectivity index (χ3n) is 2.50. The second-order valence-corrected chi connectivity index (χ2v) is 4.75. The van der Waals surface area contributed by atoms with E-state index < -0.39 is 0 Å². The molecule has 1 unspecified atom stereocenters. The van der Waals surface area contributed by atoms with E-state index in [1.54, 1.807) is 6.07 Å². The van der Waals surface area contributed by atoms with Crippen LogP contribution in [-0.4, -0.2) is 24.8 Å². The van der Waals surface area contributed by atoms with Gasteiger partial charge in [-0.15, -0.1) is 0 Å². The number of rotatable bonds is 7. The minimum Gasteiger partial charge on any atom is -0.396 e. The molecular formula is C12H18Cl2N2O. The fraction of sp³-hybridized carbons (Fsp3) is 0.500. The first-order valence-electron chi connectivity index (χ1n) is 5.67. The molecule has 17 heavy (non-hydrogen) atoms. The third-order valence-corrected chi connectivity index (χ3v) is 2.94. The Morgan fingerprint density at radius 1 is 1.18 bits per heavy atom. The first-order chi connectivity index (χ1) is 8.17. The van der Waals surface area contributed by atoms with Crippen LogP contribution in [0.2, 0.25) is 10.0 Å². The number of aliphatic hydroxyl groups excluding tert-OH is 1. The highest BCUT2D eigenvalue weighted by Crippen LogP contribution is 2.23. The standard InChI is InChI=1S/C12H18Cl2N2O/c13-10-5-9(6-11(14)7-10)12(8-15)16-3-1-2-4-17/h5-7,12,16-17H,1-4,8,15H2. The third kappa shape index (κ3) is 5.23. The van der Waals surface area contributed by atoms with Crippen molar-refractivity contribution in [2.75, 3.05) is 19.7 Å². The lowest BCUT2D eigenvalue weighted by Gasteiger charge is -2.17. The van der Waals surface area contributed by atoms with Crippen molar-refractivity contribution in [3.63, 3.8) is 0 Å². The van der Waals surface area contributed by atoms with Crippen molar-refractivity contribution in [1.29, 1.82) is 0 Å². The average molecular weight is 277 g/mol. The van der Waals surface area contributed by atoms with Crippen LogP contribution in [0, 0.1) is 0 Å².